The van der Waals surface area contributed by atoms with E-state index in [2.05, 4.69) is 14.9 Å². The summed E-state index contributed by atoms with van der Waals surface area (Å²) in [6.07, 6.45) is 4.48. The van der Waals surface area contributed by atoms with E-state index < -0.39 is 0 Å². The fourth-order valence-corrected chi connectivity index (χ4v) is 4.34. The Morgan fingerprint density at radius 3 is 2.76 bits per heavy atom. The Balaban J connectivity index is 1.47. The number of para-hydroxylation sites is 1. The quantitative estimate of drug-likeness (QED) is 0.531. The van der Waals surface area contributed by atoms with E-state index >= 15 is 0 Å². The van der Waals surface area contributed by atoms with E-state index in [0.717, 1.165) is 45.2 Å². The van der Waals surface area contributed by atoms with Gasteiger partial charge in [-0.3, -0.25) is 9.69 Å². The molecule has 0 saturated carbocycles. The summed E-state index contributed by atoms with van der Waals surface area (Å²) in [5.41, 5.74) is 4.37. The van der Waals surface area contributed by atoms with Crippen LogP contribution in [0.15, 0.2) is 53.5 Å². The lowest BCUT2D eigenvalue weighted by Gasteiger charge is -2.16. The van der Waals surface area contributed by atoms with Gasteiger partial charge in [-0.2, -0.15) is 0 Å². The third-order valence-electron chi connectivity index (χ3n) is 5.97. The molecule has 2 aromatic heterocycles. The number of nitrogens with one attached hydrogen (secondary N) is 2. The Labute approximate surface area is 169 Å². The summed E-state index contributed by atoms with van der Waals surface area (Å²) >= 11 is 0. The highest BCUT2D eigenvalue weighted by Crippen LogP contribution is 2.30. The van der Waals surface area contributed by atoms with Gasteiger partial charge in [-0.1, -0.05) is 18.2 Å². The first-order valence-electron chi connectivity index (χ1n) is 10.3. The van der Waals surface area contributed by atoms with E-state index in [1.807, 2.05) is 55.6 Å². The summed E-state index contributed by atoms with van der Waals surface area (Å²) in [5.74, 6) is 0.840. The second-order valence-electron chi connectivity index (χ2n) is 7.81. The summed E-state index contributed by atoms with van der Waals surface area (Å²) in [6.45, 7) is 5.97. The average Bonchev–Trinajstić information content (AvgIpc) is 3.40. The maximum Gasteiger partial charge on any atom is 0.256 e. The summed E-state index contributed by atoms with van der Waals surface area (Å²) in [7, 11) is 0. The molecule has 0 atom stereocenters. The summed E-state index contributed by atoms with van der Waals surface area (Å²) in [6, 6.07) is 14.1. The van der Waals surface area contributed by atoms with Crippen molar-refractivity contribution >= 4 is 21.8 Å². The van der Waals surface area contributed by atoms with E-state index in [0.29, 0.717) is 12.2 Å². The topological polar surface area (TPSA) is 61.1 Å². The van der Waals surface area contributed by atoms with Crippen molar-refractivity contribution in [3.63, 3.8) is 0 Å². The molecule has 148 valence electrons. The van der Waals surface area contributed by atoms with E-state index in [9.17, 15) is 4.79 Å². The first kappa shape index (κ1) is 18.0. The van der Waals surface area contributed by atoms with Crippen molar-refractivity contribution in [2.45, 2.75) is 19.8 Å². The van der Waals surface area contributed by atoms with Crippen LogP contribution in [-0.2, 0) is 0 Å². The van der Waals surface area contributed by atoms with Crippen LogP contribution in [0.25, 0.3) is 32.9 Å². The summed E-state index contributed by atoms with van der Waals surface area (Å²) in [5, 5.41) is 2.06. The van der Waals surface area contributed by atoms with Gasteiger partial charge in [0.1, 0.15) is 12.4 Å². The minimum absolute atomic E-state index is 0.0837. The molecule has 1 fully saturated rings. The van der Waals surface area contributed by atoms with Gasteiger partial charge in [0, 0.05) is 40.3 Å². The van der Waals surface area contributed by atoms with Crippen LogP contribution in [0.4, 0.5) is 0 Å². The van der Waals surface area contributed by atoms with Crippen LogP contribution in [0.3, 0.4) is 0 Å². The lowest BCUT2D eigenvalue weighted by atomic mass is 10.0. The van der Waals surface area contributed by atoms with Crippen LogP contribution < -0.4 is 10.3 Å². The minimum atomic E-state index is -0.0837. The first-order chi connectivity index (χ1) is 14.2. The Morgan fingerprint density at radius 2 is 1.90 bits per heavy atom. The van der Waals surface area contributed by atoms with Crippen molar-refractivity contribution in [1.29, 1.82) is 0 Å². The molecular formula is C24H25N3O2. The van der Waals surface area contributed by atoms with Gasteiger partial charge in [0.15, 0.2) is 0 Å². The number of likely N-dealkylation sites (tertiary alicyclic amines) is 1. The van der Waals surface area contributed by atoms with Gasteiger partial charge in [-0.05, 0) is 62.5 Å². The van der Waals surface area contributed by atoms with E-state index in [-0.39, 0.29) is 5.56 Å². The van der Waals surface area contributed by atoms with Gasteiger partial charge in [-0.15, -0.1) is 0 Å². The highest BCUT2D eigenvalue weighted by molar-refractivity contribution is 5.97. The van der Waals surface area contributed by atoms with Gasteiger partial charge in [0.05, 0.1) is 5.52 Å². The molecule has 1 aliphatic heterocycles. The van der Waals surface area contributed by atoms with Crippen molar-refractivity contribution < 1.29 is 4.74 Å². The molecular weight excluding hydrogens is 362 g/mol. The number of pyridine rings is 1. The number of aromatic nitrogens is 2. The molecule has 29 heavy (non-hydrogen) atoms. The van der Waals surface area contributed by atoms with Crippen LogP contribution in [0.2, 0.25) is 0 Å². The molecule has 5 rings (SSSR count). The number of ether oxygens (including phenoxy) is 1. The average molecular weight is 387 g/mol. The molecule has 0 bridgehead atoms. The van der Waals surface area contributed by atoms with E-state index in [1.54, 1.807) is 0 Å². The second kappa shape index (κ2) is 7.41. The molecule has 5 heteroatoms. The van der Waals surface area contributed by atoms with Crippen molar-refractivity contribution in [1.82, 2.24) is 14.9 Å². The number of H-pyrrole nitrogens is 2. The van der Waals surface area contributed by atoms with Crippen LogP contribution in [-0.4, -0.2) is 41.1 Å². The Hall–Kier alpha value is -3.05. The molecule has 0 unspecified atom stereocenters. The lowest BCUT2D eigenvalue weighted by Crippen LogP contribution is -2.25. The van der Waals surface area contributed by atoms with Gasteiger partial charge in [0.25, 0.3) is 5.56 Å². The highest BCUT2D eigenvalue weighted by Gasteiger charge is 2.14. The highest BCUT2D eigenvalue weighted by atomic mass is 16.5. The number of aromatic amines is 2. The third-order valence-corrected chi connectivity index (χ3v) is 5.97. The number of aryl methyl sites for hydroxylation is 1. The maximum atomic E-state index is 12.9. The third kappa shape index (κ3) is 3.32. The number of benzene rings is 2. The van der Waals surface area contributed by atoms with Gasteiger partial charge in [0.2, 0.25) is 0 Å². The smallest absolute Gasteiger partial charge is 0.256 e. The molecule has 0 spiro atoms. The zero-order valence-electron chi connectivity index (χ0n) is 16.6. The largest absolute Gasteiger partial charge is 0.492 e. The van der Waals surface area contributed by atoms with Crippen LogP contribution in [0, 0.1) is 6.92 Å². The molecule has 0 aliphatic carbocycles. The standard InChI is InChI=1S/C24H25N3O2/c1-16-22(29-13-12-27-10-4-5-11-27)9-8-17-14-19(24(28)26-23(16)17)20-15-25-21-7-3-2-6-18(20)21/h2-3,6-9,14-15,25H,4-5,10-13H2,1H3,(H,26,28). The van der Waals surface area contributed by atoms with Gasteiger partial charge in [-0.25, -0.2) is 0 Å². The molecule has 0 radical (unpaired) electrons. The SMILES string of the molecule is Cc1c(OCCN2CCCC2)ccc2cc(-c3c[nH]c4ccccc34)c(=O)[nH]c12. The monoisotopic (exact) mass is 387 g/mol. The predicted octanol–water partition coefficient (Wildman–Crippen LogP) is 4.46. The van der Waals surface area contributed by atoms with Crippen LogP contribution in [0.1, 0.15) is 18.4 Å². The molecule has 4 aromatic rings. The van der Waals surface area contributed by atoms with Crippen molar-refractivity contribution in [2.75, 3.05) is 26.2 Å². The molecule has 3 heterocycles. The molecule has 2 aromatic carbocycles. The molecule has 0 amide bonds. The van der Waals surface area contributed by atoms with Crippen molar-refractivity contribution in [3.8, 4) is 16.9 Å². The lowest BCUT2D eigenvalue weighted by molar-refractivity contribution is 0.237. The number of rotatable bonds is 5. The summed E-state index contributed by atoms with van der Waals surface area (Å²) in [4.78, 5) is 21.7. The second-order valence-corrected chi connectivity index (χ2v) is 7.81. The first-order valence-corrected chi connectivity index (χ1v) is 10.3. The Morgan fingerprint density at radius 1 is 1.07 bits per heavy atom. The molecule has 1 saturated heterocycles. The van der Waals surface area contributed by atoms with Crippen molar-refractivity contribution in [2.24, 2.45) is 0 Å². The van der Waals surface area contributed by atoms with Crippen LogP contribution >= 0.6 is 0 Å². The molecule has 5 nitrogen and oxygen atoms in total. The molecule has 2 N–H and O–H groups in total. The van der Waals surface area contributed by atoms with Gasteiger partial charge < -0.3 is 14.7 Å². The Kier molecular flexibility index (Phi) is 4.60. The minimum Gasteiger partial charge on any atom is -0.492 e. The zero-order valence-corrected chi connectivity index (χ0v) is 16.6. The number of hydrogen-bond acceptors (Lipinski definition) is 3. The van der Waals surface area contributed by atoms with E-state index in [4.69, 9.17) is 4.74 Å². The Bertz CT molecular complexity index is 1230. The number of fused-ring (bicyclic) bond motifs is 2. The van der Waals surface area contributed by atoms with E-state index in [1.165, 1.54) is 25.9 Å². The van der Waals surface area contributed by atoms with Crippen molar-refractivity contribution in [3.05, 3.63) is 64.6 Å². The zero-order chi connectivity index (χ0) is 19.8. The normalized spacial score (nSPS) is 14.8. The maximum absolute atomic E-state index is 12.9. The summed E-state index contributed by atoms with van der Waals surface area (Å²) < 4.78 is 6.04. The number of hydrogen-bond donors (Lipinski definition) is 2. The van der Waals surface area contributed by atoms with Crippen LogP contribution in [0.5, 0.6) is 5.75 Å². The molecule has 1 aliphatic rings. The van der Waals surface area contributed by atoms with Gasteiger partial charge >= 0.3 is 0 Å². The fourth-order valence-electron chi connectivity index (χ4n) is 4.34. The predicted molar refractivity (Wildman–Crippen MR) is 118 cm³/mol. The fraction of sp³-hybridized carbons (Fsp3) is 0.292. The number of nitrogens with zero attached hydrogens (tertiary/aromatic N) is 1.